The lowest BCUT2D eigenvalue weighted by Crippen LogP contribution is -2.49. The van der Waals surface area contributed by atoms with E-state index in [0.717, 1.165) is 31.7 Å². The van der Waals surface area contributed by atoms with E-state index in [1.165, 1.54) is 16.8 Å². The molecular formula is C20H25N3O. The number of carbonyl (C=O) groups excluding carboxylic acids is 1. The van der Waals surface area contributed by atoms with Crippen LogP contribution in [0.4, 0.5) is 11.4 Å². The van der Waals surface area contributed by atoms with E-state index in [0.29, 0.717) is 12.1 Å². The van der Waals surface area contributed by atoms with Crippen LogP contribution in [0.15, 0.2) is 42.5 Å². The Labute approximate surface area is 143 Å². The van der Waals surface area contributed by atoms with E-state index in [1.807, 2.05) is 29.2 Å². The molecule has 1 saturated heterocycles. The van der Waals surface area contributed by atoms with Crippen molar-refractivity contribution in [2.75, 3.05) is 36.8 Å². The van der Waals surface area contributed by atoms with Gasteiger partial charge < -0.3 is 15.5 Å². The predicted octanol–water partition coefficient (Wildman–Crippen LogP) is 2.78. The Morgan fingerprint density at radius 3 is 2.46 bits per heavy atom. The molecule has 0 saturated carbocycles. The lowest BCUT2D eigenvalue weighted by molar-refractivity contribution is -0.130. The zero-order valence-electron chi connectivity index (χ0n) is 14.5. The van der Waals surface area contributed by atoms with Gasteiger partial charge in [-0.15, -0.1) is 0 Å². The number of piperazine rings is 1. The summed E-state index contributed by atoms with van der Waals surface area (Å²) in [6.07, 6.45) is 0.425. The summed E-state index contributed by atoms with van der Waals surface area (Å²) >= 11 is 0. The van der Waals surface area contributed by atoms with E-state index in [2.05, 4.69) is 36.9 Å². The molecule has 1 aliphatic rings. The second-order valence-electron chi connectivity index (χ2n) is 6.51. The first-order chi connectivity index (χ1) is 11.5. The summed E-state index contributed by atoms with van der Waals surface area (Å²) in [5, 5.41) is 0. The monoisotopic (exact) mass is 323 g/mol. The number of rotatable bonds is 3. The van der Waals surface area contributed by atoms with Gasteiger partial charge in [-0.3, -0.25) is 4.79 Å². The third-order valence-electron chi connectivity index (χ3n) is 4.86. The van der Waals surface area contributed by atoms with Crippen LogP contribution in [-0.4, -0.2) is 37.0 Å². The highest BCUT2D eigenvalue weighted by molar-refractivity contribution is 5.79. The average molecular weight is 323 g/mol. The number of nitrogen functional groups attached to an aromatic ring is 1. The topological polar surface area (TPSA) is 49.6 Å². The number of aryl methyl sites for hydroxylation is 1. The van der Waals surface area contributed by atoms with Crippen LogP contribution >= 0.6 is 0 Å². The predicted molar refractivity (Wildman–Crippen MR) is 99.3 cm³/mol. The van der Waals surface area contributed by atoms with Crippen molar-refractivity contribution in [1.82, 2.24) is 4.90 Å². The third-order valence-corrected chi connectivity index (χ3v) is 4.86. The van der Waals surface area contributed by atoms with Gasteiger partial charge in [0.05, 0.1) is 6.42 Å². The van der Waals surface area contributed by atoms with Crippen molar-refractivity contribution in [1.29, 1.82) is 0 Å². The fraction of sp³-hybridized carbons (Fsp3) is 0.350. The van der Waals surface area contributed by atoms with Crippen LogP contribution in [0.3, 0.4) is 0 Å². The molecule has 4 heteroatoms. The standard InChI is InChI=1S/C20H25N3O/c1-15-5-3-8-19(16(15)2)22-9-11-23(12-10-22)20(24)14-17-6-4-7-18(21)13-17/h3-8,13H,9-12,14,21H2,1-2H3. The molecule has 0 aliphatic carbocycles. The number of anilines is 2. The van der Waals surface area contributed by atoms with Crippen LogP contribution in [0.1, 0.15) is 16.7 Å². The van der Waals surface area contributed by atoms with Crippen LogP contribution in [0.5, 0.6) is 0 Å². The maximum atomic E-state index is 12.5. The van der Waals surface area contributed by atoms with Gasteiger partial charge >= 0.3 is 0 Å². The van der Waals surface area contributed by atoms with Crippen molar-refractivity contribution in [2.45, 2.75) is 20.3 Å². The fourth-order valence-corrected chi connectivity index (χ4v) is 3.26. The highest BCUT2D eigenvalue weighted by Gasteiger charge is 2.22. The Kier molecular flexibility index (Phi) is 4.74. The lowest BCUT2D eigenvalue weighted by atomic mass is 10.1. The number of hydrogen-bond donors (Lipinski definition) is 1. The highest BCUT2D eigenvalue weighted by Crippen LogP contribution is 2.24. The van der Waals surface area contributed by atoms with E-state index in [4.69, 9.17) is 5.73 Å². The van der Waals surface area contributed by atoms with Crippen molar-refractivity contribution < 1.29 is 4.79 Å². The Morgan fingerprint density at radius 2 is 1.75 bits per heavy atom. The summed E-state index contributed by atoms with van der Waals surface area (Å²) in [4.78, 5) is 16.9. The first-order valence-corrected chi connectivity index (χ1v) is 8.48. The summed E-state index contributed by atoms with van der Waals surface area (Å²) in [7, 11) is 0. The van der Waals surface area contributed by atoms with E-state index in [-0.39, 0.29) is 5.91 Å². The largest absolute Gasteiger partial charge is 0.399 e. The summed E-state index contributed by atoms with van der Waals surface area (Å²) in [5.74, 6) is 0.182. The molecule has 2 aromatic carbocycles. The fourth-order valence-electron chi connectivity index (χ4n) is 3.26. The van der Waals surface area contributed by atoms with Crippen LogP contribution in [0.2, 0.25) is 0 Å². The van der Waals surface area contributed by atoms with E-state index >= 15 is 0 Å². The Morgan fingerprint density at radius 1 is 1.04 bits per heavy atom. The molecule has 0 spiro atoms. The molecule has 3 rings (SSSR count). The van der Waals surface area contributed by atoms with Gasteiger partial charge in [-0.1, -0.05) is 24.3 Å². The van der Waals surface area contributed by atoms with Gasteiger partial charge in [-0.25, -0.2) is 0 Å². The van der Waals surface area contributed by atoms with Gasteiger partial charge in [0.1, 0.15) is 0 Å². The van der Waals surface area contributed by atoms with Gasteiger partial charge in [-0.05, 0) is 48.7 Å². The van der Waals surface area contributed by atoms with E-state index < -0.39 is 0 Å². The normalized spacial score (nSPS) is 14.8. The van der Waals surface area contributed by atoms with Crippen molar-refractivity contribution in [3.8, 4) is 0 Å². The minimum absolute atomic E-state index is 0.182. The molecule has 126 valence electrons. The van der Waals surface area contributed by atoms with Crippen molar-refractivity contribution in [2.24, 2.45) is 0 Å². The molecule has 1 fully saturated rings. The molecule has 4 nitrogen and oxygen atoms in total. The molecule has 2 aromatic rings. The molecule has 1 heterocycles. The van der Waals surface area contributed by atoms with Crippen molar-refractivity contribution in [3.05, 3.63) is 59.2 Å². The maximum absolute atomic E-state index is 12.5. The number of hydrogen-bond acceptors (Lipinski definition) is 3. The van der Waals surface area contributed by atoms with Crippen molar-refractivity contribution in [3.63, 3.8) is 0 Å². The minimum Gasteiger partial charge on any atom is -0.399 e. The summed E-state index contributed by atoms with van der Waals surface area (Å²) in [6.45, 7) is 7.62. The molecule has 0 atom stereocenters. The van der Waals surface area contributed by atoms with E-state index in [9.17, 15) is 4.79 Å². The van der Waals surface area contributed by atoms with Crippen molar-refractivity contribution >= 4 is 17.3 Å². The third kappa shape index (κ3) is 3.53. The van der Waals surface area contributed by atoms with Gasteiger partial charge in [0, 0.05) is 37.6 Å². The van der Waals surface area contributed by atoms with Gasteiger partial charge in [-0.2, -0.15) is 0 Å². The summed E-state index contributed by atoms with van der Waals surface area (Å²) in [5.41, 5.74) is 11.4. The number of benzene rings is 2. The van der Waals surface area contributed by atoms with Crippen LogP contribution in [-0.2, 0) is 11.2 Å². The molecule has 24 heavy (non-hydrogen) atoms. The first kappa shape index (κ1) is 16.4. The quantitative estimate of drug-likeness (QED) is 0.884. The Bertz CT molecular complexity index is 733. The molecule has 2 N–H and O–H groups in total. The first-order valence-electron chi connectivity index (χ1n) is 8.48. The number of nitrogens with zero attached hydrogens (tertiary/aromatic N) is 2. The zero-order valence-corrected chi connectivity index (χ0v) is 14.5. The van der Waals surface area contributed by atoms with Gasteiger partial charge in [0.15, 0.2) is 0 Å². The molecule has 0 bridgehead atoms. The Hall–Kier alpha value is -2.49. The molecule has 0 aromatic heterocycles. The number of carbonyl (C=O) groups is 1. The van der Waals surface area contributed by atoms with Crippen LogP contribution in [0.25, 0.3) is 0 Å². The number of amides is 1. The second-order valence-corrected chi connectivity index (χ2v) is 6.51. The second kappa shape index (κ2) is 6.95. The minimum atomic E-state index is 0.182. The molecule has 1 aliphatic heterocycles. The lowest BCUT2D eigenvalue weighted by Gasteiger charge is -2.37. The number of nitrogens with two attached hydrogens (primary N) is 1. The maximum Gasteiger partial charge on any atom is 0.227 e. The smallest absolute Gasteiger partial charge is 0.227 e. The zero-order chi connectivity index (χ0) is 17.1. The molecular weight excluding hydrogens is 298 g/mol. The van der Waals surface area contributed by atoms with Gasteiger partial charge in [0.25, 0.3) is 0 Å². The summed E-state index contributed by atoms with van der Waals surface area (Å²) < 4.78 is 0. The molecule has 0 radical (unpaired) electrons. The molecule has 0 unspecified atom stereocenters. The SMILES string of the molecule is Cc1cccc(N2CCN(C(=O)Cc3cccc(N)c3)CC2)c1C. The molecule has 1 amide bonds. The summed E-state index contributed by atoms with van der Waals surface area (Å²) in [6, 6.07) is 14.0. The highest BCUT2D eigenvalue weighted by atomic mass is 16.2. The van der Waals surface area contributed by atoms with Crippen LogP contribution < -0.4 is 10.6 Å². The van der Waals surface area contributed by atoms with Crippen LogP contribution in [0, 0.1) is 13.8 Å². The van der Waals surface area contributed by atoms with Gasteiger partial charge in [0.2, 0.25) is 5.91 Å². The van der Waals surface area contributed by atoms with E-state index in [1.54, 1.807) is 0 Å². The Balaban J connectivity index is 1.60. The average Bonchev–Trinajstić information content (AvgIpc) is 2.57.